The van der Waals surface area contributed by atoms with Gasteiger partial charge >= 0.3 is 5.97 Å². The predicted molar refractivity (Wildman–Crippen MR) is 80.4 cm³/mol. The largest absolute Gasteiger partial charge is 0.489 e. The van der Waals surface area contributed by atoms with Gasteiger partial charge in [0, 0.05) is 0 Å². The van der Waals surface area contributed by atoms with E-state index in [0.29, 0.717) is 17.9 Å². The van der Waals surface area contributed by atoms with Crippen LogP contribution in [0.25, 0.3) is 0 Å². The molecule has 0 saturated carbocycles. The summed E-state index contributed by atoms with van der Waals surface area (Å²) in [5, 5.41) is 28.6. The molecule has 0 aliphatic carbocycles. The first-order valence-corrected chi connectivity index (χ1v) is 6.82. The highest BCUT2D eigenvalue weighted by Crippen LogP contribution is 2.27. The van der Waals surface area contributed by atoms with Crippen LogP contribution >= 0.6 is 0 Å². The van der Waals surface area contributed by atoms with Crippen LogP contribution < -0.4 is 4.74 Å². The maximum atomic E-state index is 10.9. The number of ether oxygens (including phenoxy) is 1. The molecular weight excluding hydrogens is 284 g/mol. The van der Waals surface area contributed by atoms with Crippen molar-refractivity contribution in [3.63, 3.8) is 0 Å². The molecule has 2 unspecified atom stereocenters. The molecular formula is C17H18O5. The quantitative estimate of drug-likeness (QED) is 0.761. The predicted octanol–water partition coefficient (Wildman–Crippen LogP) is 2.13. The van der Waals surface area contributed by atoms with Crippen LogP contribution in [-0.2, 0) is 11.4 Å². The Hall–Kier alpha value is -2.37. The number of aliphatic carboxylic acids is 1. The fourth-order valence-corrected chi connectivity index (χ4v) is 1.93. The molecule has 0 bridgehead atoms. The highest BCUT2D eigenvalue weighted by molar-refractivity contribution is 5.77. The van der Waals surface area contributed by atoms with Crippen molar-refractivity contribution in [3.05, 3.63) is 65.7 Å². The van der Waals surface area contributed by atoms with E-state index in [9.17, 15) is 15.0 Å². The molecule has 2 rings (SSSR count). The molecule has 0 spiro atoms. The van der Waals surface area contributed by atoms with Gasteiger partial charge in [-0.2, -0.15) is 0 Å². The van der Waals surface area contributed by atoms with E-state index in [1.54, 1.807) is 12.1 Å². The molecule has 22 heavy (non-hydrogen) atoms. The smallest absolute Gasteiger partial charge is 0.338 e. The summed E-state index contributed by atoms with van der Waals surface area (Å²) >= 11 is 0. The Balaban J connectivity index is 2.03. The molecule has 2 aromatic rings. The van der Waals surface area contributed by atoms with E-state index in [1.807, 2.05) is 30.3 Å². The Morgan fingerprint density at radius 1 is 1.14 bits per heavy atom. The summed E-state index contributed by atoms with van der Waals surface area (Å²) in [6.07, 6.45) is -1.52. The summed E-state index contributed by atoms with van der Waals surface area (Å²) in [7, 11) is 0. The van der Waals surface area contributed by atoms with Gasteiger partial charge in [-0.15, -0.1) is 0 Å². The summed E-state index contributed by atoms with van der Waals surface area (Å²) in [6.45, 7) is 1.47. The first kappa shape index (κ1) is 16.0. The van der Waals surface area contributed by atoms with Crippen molar-refractivity contribution in [2.75, 3.05) is 0 Å². The minimum Gasteiger partial charge on any atom is -0.489 e. The zero-order chi connectivity index (χ0) is 16.2. The molecule has 0 aliphatic rings. The average Bonchev–Trinajstić information content (AvgIpc) is 2.53. The zero-order valence-corrected chi connectivity index (χ0v) is 12.1. The van der Waals surface area contributed by atoms with Crippen LogP contribution in [0.2, 0.25) is 0 Å². The van der Waals surface area contributed by atoms with E-state index in [0.717, 1.165) is 12.5 Å². The molecule has 5 heteroatoms. The van der Waals surface area contributed by atoms with Crippen molar-refractivity contribution in [1.82, 2.24) is 0 Å². The van der Waals surface area contributed by atoms with E-state index < -0.39 is 17.7 Å². The highest BCUT2D eigenvalue weighted by atomic mass is 16.5. The van der Waals surface area contributed by atoms with E-state index in [2.05, 4.69) is 0 Å². The van der Waals surface area contributed by atoms with Crippen LogP contribution in [0, 0.1) is 0 Å². The second-order valence-corrected chi connectivity index (χ2v) is 5.20. The van der Waals surface area contributed by atoms with Crippen molar-refractivity contribution in [1.29, 1.82) is 0 Å². The lowest BCUT2D eigenvalue weighted by molar-refractivity contribution is -0.169. The van der Waals surface area contributed by atoms with Gasteiger partial charge in [0.2, 0.25) is 0 Å². The number of carboxylic acid groups (broad SMARTS) is 1. The number of carboxylic acids is 1. The first-order chi connectivity index (χ1) is 10.4. The van der Waals surface area contributed by atoms with E-state index in [1.165, 1.54) is 12.1 Å². The Kier molecular flexibility index (Phi) is 4.80. The number of carbonyl (C=O) groups is 1. The van der Waals surface area contributed by atoms with Crippen molar-refractivity contribution in [2.24, 2.45) is 0 Å². The monoisotopic (exact) mass is 302 g/mol. The highest BCUT2D eigenvalue weighted by Gasteiger charge is 2.39. The Morgan fingerprint density at radius 3 is 2.27 bits per heavy atom. The molecule has 0 heterocycles. The van der Waals surface area contributed by atoms with E-state index in [4.69, 9.17) is 9.84 Å². The van der Waals surface area contributed by atoms with Crippen molar-refractivity contribution < 1.29 is 24.9 Å². The molecule has 0 saturated heterocycles. The summed E-state index contributed by atoms with van der Waals surface area (Å²) in [4.78, 5) is 10.9. The number of hydrogen-bond acceptors (Lipinski definition) is 4. The Bertz CT molecular complexity index is 619. The lowest BCUT2D eigenvalue weighted by Crippen LogP contribution is -2.41. The molecule has 0 fully saturated rings. The van der Waals surface area contributed by atoms with Gasteiger partial charge in [-0.1, -0.05) is 42.5 Å². The summed E-state index contributed by atoms with van der Waals surface area (Å²) in [6, 6.07) is 16.0. The second-order valence-electron chi connectivity index (χ2n) is 5.20. The third kappa shape index (κ3) is 3.63. The lowest BCUT2D eigenvalue weighted by atomic mass is 9.93. The molecule has 3 N–H and O–H groups in total. The van der Waals surface area contributed by atoms with Gasteiger partial charge in [0.25, 0.3) is 0 Å². The second kappa shape index (κ2) is 6.60. The first-order valence-electron chi connectivity index (χ1n) is 6.82. The summed E-state index contributed by atoms with van der Waals surface area (Å²) < 4.78 is 5.60. The zero-order valence-electron chi connectivity index (χ0n) is 12.1. The van der Waals surface area contributed by atoms with E-state index >= 15 is 0 Å². The lowest BCUT2D eigenvalue weighted by Gasteiger charge is -2.24. The number of hydrogen-bond donors (Lipinski definition) is 3. The topological polar surface area (TPSA) is 87.0 Å². The van der Waals surface area contributed by atoms with Gasteiger partial charge in [0.15, 0.2) is 5.60 Å². The third-order valence-electron chi connectivity index (χ3n) is 3.41. The van der Waals surface area contributed by atoms with Gasteiger partial charge in [0.05, 0.1) is 0 Å². The van der Waals surface area contributed by atoms with Crippen molar-refractivity contribution in [2.45, 2.75) is 25.2 Å². The molecule has 2 aromatic carbocycles. The minimum atomic E-state index is -2.24. The van der Waals surface area contributed by atoms with Crippen LogP contribution in [0.3, 0.4) is 0 Å². The molecule has 0 amide bonds. The van der Waals surface area contributed by atoms with Crippen LogP contribution in [0.15, 0.2) is 54.6 Å². The molecule has 5 nitrogen and oxygen atoms in total. The fraction of sp³-hybridized carbons (Fsp3) is 0.235. The Labute approximate surface area is 128 Å². The number of aliphatic hydroxyl groups excluding tert-OH is 1. The van der Waals surface area contributed by atoms with Gasteiger partial charge in [0.1, 0.15) is 18.5 Å². The molecule has 0 aromatic heterocycles. The molecule has 2 atom stereocenters. The van der Waals surface area contributed by atoms with Gasteiger partial charge in [-0.3, -0.25) is 0 Å². The fourth-order valence-electron chi connectivity index (χ4n) is 1.93. The SMILES string of the molecule is CC(O)(C(=O)O)C(O)c1ccc(OCc2ccccc2)cc1. The van der Waals surface area contributed by atoms with Crippen LogP contribution in [0.1, 0.15) is 24.2 Å². The standard InChI is InChI=1S/C17H18O5/c1-17(21,16(19)20)15(18)13-7-9-14(10-8-13)22-11-12-5-3-2-4-6-12/h2-10,15,18,21H,11H2,1H3,(H,19,20). The van der Waals surface area contributed by atoms with E-state index in [-0.39, 0.29) is 0 Å². The molecule has 116 valence electrons. The van der Waals surface area contributed by atoms with Crippen LogP contribution in [0.4, 0.5) is 0 Å². The van der Waals surface area contributed by atoms with Crippen molar-refractivity contribution in [3.8, 4) is 5.75 Å². The van der Waals surface area contributed by atoms with Gasteiger partial charge in [-0.05, 0) is 30.2 Å². The van der Waals surface area contributed by atoms with Gasteiger partial charge in [-0.25, -0.2) is 4.79 Å². The summed E-state index contributed by atoms with van der Waals surface area (Å²) in [5.41, 5.74) is -0.910. The normalized spacial score (nSPS) is 14.9. The number of benzene rings is 2. The third-order valence-corrected chi connectivity index (χ3v) is 3.41. The number of aliphatic hydroxyl groups is 2. The number of rotatable bonds is 6. The Morgan fingerprint density at radius 2 is 1.73 bits per heavy atom. The molecule has 0 aliphatic heterocycles. The minimum absolute atomic E-state index is 0.305. The maximum Gasteiger partial charge on any atom is 0.338 e. The van der Waals surface area contributed by atoms with Crippen molar-refractivity contribution >= 4 is 5.97 Å². The average molecular weight is 302 g/mol. The van der Waals surface area contributed by atoms with Gasteiger partial charge < -0.3 is 20.1 Å². The maximum absolute atomic E-state index is 10.9. The van der Waals surface area contributed by atoms with Crippen LogP contribution in [-0.4, -0.2) is 26.9 Å². The summed E-state index contributed by atoms with van der Waals surface area (Å²) in [5.74, 6) is -0.890. The van der Waals surface area contributed by atoms with Crippen LogP contribution in [0.5, 0.6) is 5.75 Å². The molecule has 0 radical (unpaired) electrons.